The average molecular weight is 416 g/mol. The van der Waals surface area contributed by atoms with Crippen LogP contribution in [0.4, 0.5) is 5.69 Å². The summed E-state index contributed by atoms with van der Waals surface area (Å²) in [6.45, 7) is 1.58. The summed E-state index contributed by atoms with van der Waals surface area (Å²) in [5.41, 5.74) is 2.68. The number of amides is 1. The van der Waals surface area contributed by atoms with Crippen LogP contribution in [0.3, 0.4) is 0 Å². The standard InChI is InChI=1S/C23H20N4O4/c1-15-5-2-6-17-22(15)25-14-27(23(17)30)12-10-21(29)31-13-20(28)26-19-9-3-8-18-16(19)7-4-11-24-18/h2-9,11,14H,10,12-13H2,1H3,(H,26,28). The van der Waals surface area contributed by atoms with Gasteiger partial charge in [-0.1, -0.05) is 18.2 Å². The molecule has 0 fully saturated rings. The molecule has 0 unspecified atom stereocenters. The molecule has 31 heavy (non-hydrogen) atoms. The highest BCUT2D eigenvalue weighted by Gasteiger charge is 2.11. The first kappa shape index (κ1) is 20.2. The zero-order valence-corrected chi connectivity index (χ0v) is 16.9. The van der Waals surface area contributed by atoms with E-state index < -0.39 is 18.5 Å². The van der Waals surface area contributed by atoms with Gasteiger partial charge in [0, 0.05) is 18.1 Å². The molecule has 2 aromatic carbocycles. The van der Waals surface area contributed by atoms with Gasteiger partial charge in [0.25, 0.3) is 11.5 Å². The van der Waals surface area contributed by atoms with Crippen molar-refractivity contribution < 1.29 is 14.3 Å². The third kappa shape index (κ3) is 4.42. The molecule has 0 aliphatic rings. The molecule has 0 radical (unpaired) electrons. The number of ether oxygens (including phenoxy) is 1. The van der Waals surface area contributed by atoms with Crippen LogP contribution in [-0.2, 0) is 20.9 Å². The van der Waals surface area contributed by atoms with Crippen LogP contribution >= 0.6 is 0 Å². The molecule has 4 rings (SSSR count). The zero-order chi connectivity index (χ0) is 21.8. The molecule has 2 heterocycles. The summed E-state index contributed by atoms with van der Waals surface area (Å²) in [7, 11) is 0. The van der Waals surface area contributed by atoms with Gasteiger partial charge in [-0.25, -0.2) is 4.98 Å². The Morgan fingerprint density at radius 3 is 2.71 bits per heavy atom. The number of hydrogen-bond acceptors (Lipinski definition) is 6. The Morgan fingerprint density at radius 1 is 1.03 bits per heavy atom. The number of esters is 1. The van der Waals surface area contributed by atoms with Gasteiger partial charge in [0.1, 0.15) is 0 Å². The van der Waals surface area contributed by atoms with Gasteiger partial charge in [-0.2, -0.15) is 0 Å². The molecule has 0 bridgehead atoms. The minimum absolute atomic E-state index is 0.0512. The molecule has 2 aromatic heterocycles. The fourth-order valence-corrected chi connectivity index (χ4v) is 3.33. The topological polar surface area (TPSA) is 103 Å². The van der Waals surface area contributed by atoms with E-state index in [-0.39, 0.29) is 18.5 Å². The number of aryl methyl sites for hydroxylation is 2. The first-order valence-electron chi connectivity index (χ1n) is 9.77. The number of aromatic nitrogens is 3. The predicted octanol–water partition coefficient (Wildman–Crippen LogP) is 2.83. The van der Waals surface area contributed by atoms with Crippen LogP contribution in [0, 0.1) is 6.92 Å². The Kier molecular flexibility index (Phi) is 5.70. The molecular formula is C23H20N4O4. The quantitative estimate of drug-likeness (QED) is 0.485. The van der Waals surface area contributed by atoms with Crippen molar-refractivity contribution in [3.05, 3.63) is 77.0 Å². The van der Waals surface area contributed by atoms with E-state index in [2.05, 4.69) is 15.3 Å². The number of anilines is 1. The van der Waals surface area contributed by atoms with E-state index in [0.717, 1.165) is 16.5 Å². The van der Waals surface area contributed by atoms with E-state index in [1.54, 1.807) is 36.5 Å². The summed E-state index contributed by atoms with van der Waals surface area (Å²) in [4.78, 5) is 45.4. The number of nitrogens with zero attached hydrogens (tertiary/aromatic N) is 3. The van der Waals surface area contributed by atoms with Crippen LogP contribution in [0.25, 0.3) is 21.8 Å². The fourth-order valence-electron chi connectivity index (χ4n) is 3.33. The Hall–Kier alpha value is -4.07. The first-order valence-corrected chi connectivity index (χ1v) is 9.77. The van der Waals surface area contributed by atoms with E-state index in [4.69, 9.17) is 4.74 Å². The first-order chi connectivity index (χ1) is 15.0. The molecule has 1 N–H and O–H groups in total. The maximum absolute atomic E-state index is 12.6. The lowest BCUT2D eigenvalue weighted by Crippen LogP contribution is -2.24. The van der Waals surface area contributed by atoms with Crippen molar-refractivity contribution in [3.63, 3.8) is 0 Å². The van der Waals surface area contributed by atoms with E-state index in [0.29, 0.717) is 16.6 Å². The maximum Gasteiger partial charge on any atom is 0.308 e. The number of fused-ring (bicyclic) bond motifs is 2. The lowest BCUT2D eigenvalue weighted by atomic mass is 10.1. The summed E-state index contributed by atoms with van der Waals surface area (Å²) in [6.07, 6.45) is 3.05. The summed E-state index contributed by atoms with van der Waals surface area (Å²) in [5, 5.41) is 4.02. The highest BCUT2D eigenvalue weighted by atomic mass is 16.5. The van der Waals surface area contributed by atoms with Crippen LogP contribution in [0.15, 0.2) is 65.8 Å². The van der Waals surface area contributed by atoms with E-state index in [9.17, 15) is 14.4 Å². The van der Waals surface area contributed by atoms with Crippen molar-refractivity contribution in [2.75, 3.05) is 11.9 Å². The summed E-state index contributed by atoms with van der Waals surface area (Å²) in [5.74, 6) is -1.03. The summed E-state index contributed by atoms with van der Waals surface area (Å²) in [6, 6.07) is 14.4. The Balaban J connectivity index is 1.33. The summed E-state index contributed by atoms with van der Waals surface area (Å²) >= 11 is 0. The fraction of sp³-hybridized carbons (Fsp3) is 0.174. The number of carbonyl (C=O) groups excluding carboxylic acids is 2. The molecule has 1 amide bonds. The van der Waals surface area contributed by atoms with Crippen molar-refractivity contribution in [1.29, 1.82) is 0 Å². The maximum atomic E-state index is 12.6. The number of benzene rings is 2. The van der Waals surface area contributed by atoms with Crippen molar-refractivity contribution >= 4 is 39.4 Å². The molecule has 0 spiro atoms. The Morgan fingerprint density at radius 2 is 1.84 bits per heavy atom. The van der Waals surface area contributed by atoms with Crippen LogP contribution in [0.1, 0.15) is 12.0 Å². The second kappa shape index (κ2) is 8.74. The van der Waals surface area contributed by atoms with Crippen LogP contribution in [0.5, 0.6) is 0 Å². The van der Waals surface area contributed by atoms with Gasteiger partial charge in [-0.3, -0.25) is 23.9 Å². The van der Waals surface area contributed by atoms with Gasteiger partial charge in [-0.05, 0) is 42.8 Å². The second-order valence-corrected chi connectivity index (χ2v) is 7.05. The molecule has 0 aliphatic heterocycles. The normalized spacial score (nSPS) is 10.9. The Labute approximate surface area is 177 Å². The SMILES string of the molecule is Cc1cccc2c(=O)n(CCC(=O)OCC(=O)Nc3cccc4ncccc34)cnc12. The van der Waals surface area contributed by atoms with Crippen molar-refractivity contribution in [3.8, 4) is 0 Å². The minimum atomic E-state index is -0.578. The van der Waals surface area contributed by atoms with E-state index in [1.165, 1.54) is 10.9 Å². The number of rotatable bonds is 6. The van der Waals surface area contributed by atoms with Gasteiger partial charge >= 0.3 is 5.97 Å². The molecule has 0 aliphatic carbocycles. The van der Waals surface area contributed by atoms with Crippen LogP contribution in [-0.4, -0.2) is 33.0 Å². The highest BCUT2D eigenvalue weighted by molar-refractivity contribution is 6.01. The molecule has 8 heteroatoms. The second-order valence-electron chi connectivity index (χ2n) is 7.05. The molecule has 8 nitrogen and oxygen atoms in total. The highest BCUT2D eigenvalue weighted by Crippen LogP contribution is 2.21. The third-order valence-electron chi connectivity index (χ3n) is 4.90. The molecule has 0 saturated carbocycles. The lowest BCUT2D eigenvalue weighted by Gasteiger charge is -2.10. The molecular weight excluding hydrogens is 396 g/mol. The van der Waals surface area contributed by atoms with Gasteiger partial charge in [0.15, 0.2) is 6.61 Å². The lowest BCUT2D eigenvalue weighted by molar-refractivity contribution is -0.147. The van der Waals surface area contributed by atoms with Crippen molar-refractivity contribution in [2.24, 2.45) is 0 Å². The van der Waals surface area contributed by atoms with Crippen LogP contribution in [0.2, 0.25) is 0 Å². The minimum Gasteiger partial charge on any atom is -0.456 e. The van der Waals surface area contributed by atoms with Gasteiger partial charge in [0.05, 0.1) is 34.9 Å². The monoisotopic (exact) mass is 416 g/mol. The number of pyridine rings is 1. The number of hydrogen-bond donors (Lipinski definition) is 1. The average Bonchev–Trinajstić information content (AvgIpc) is 2.78. The zero-order valence-electron chi connectivity index (χ0n) is 16.9. The number of carbonyl (C=O) groups is 2. The Bertz CT molecular complexity index is 1340. The smallest absolute Gasteiger partial charge is 0.308 e. The van der Waals surface area contributed by atoms with Gasteiger partial charge < -0.3 is 10.1 Å². The molecule has 0 atom stereocenters. The van der Waals surface area contributed by atoms with Gasteiger partial charge in [-0.15, -0.1) is 0 Å². The molecule has 156 valence electrons. The number of nitrogens with one attached hydrogen (secondary N) is 1. The predicted molar refractivity (Wildman–Crippen MR) is 117 cm³/mol. The van der Waals surface area contributed by atoms with E-state index >= 15 is 0 Å². The third-order valence-corrected chi connectivity index (χ3v) is 4.90. The largest absolute Gasteiger partial charge is 0.456 e. The summed E-state index contributed by atoms with van der Waals surface area (Å²) < 4.78 is 6.42. The van der Waals surface area contributed by atoms with Gasteiger partial charge in [0.2, 0.25) is 0 Å². The molecule has 0 saturated heterocycles. The van der Waals surface area contributed by atoms with Crippen LogP contribution < -0.4 is 10.9 Å². The molecule has 4 aromatic rings. The van der Waals surface area contributed by atoms with Crippen molar-refractivity contribution in [1.82, 2.24) is 14.5 Å². The number of para-hydroxylation sites is 1. The van der Waals surface area contributed by atoms with E-state index in [1.807, 2.05) is 25.1 Å². The van der Waals surface area contributed by atoms with Crippen molar-refractivity contribution in [2.45, 2.75) is 19.9 Å².